The fourth-order valence-corrected chi connectivity index (χ4v) is 2.62. The van der Waals surface area contributed by atoms with Gasteiger partial charge in [0.1, 0.15) is 9.88 Å². The first-order valence-electron chi connectivity index (χ1n) is 6.36. The molecule has 0 aliphatic heterocycles. The van der Waals surface area contributed by atoms with E-state index < -0.39 is 5.91 Å². The number of amides is 2. The zero-order valence-electron chi connectivity index (χ0n) is 12.2. The van der Waals surface area contributed by atoms with E-state index in [-0.39, 0.29) is 22.0 Å². The van der Waals surface area contributed by atoms with E-state index in [9.17, 15) is 9.59 Å². The lowest BCUT2D eigenvalue weighted by Gasteiger charge is -2.03. The quantitative estimate of drug-likeness (QED) is 0.575. The van der Waals surface area contributed by atoms with E-state index in [2.05, 4.69) is 17.2 Å². The van der Waals surface area contributed by atoms with Crippen LogP contribution in [0.2, 0.25) is 0 Å². The Balaban J connectivity index is 3.07. The third-order valence-electron chi connectivity index (χ3n) is 2.58. The number of nitrogen functional groups attached to an aromatic ring is 1. The largest absolute Gasteiger partial charge is 0.397 e. The molecule has 0 atom stereocenters. The van der Waals surface area contributed by atoms with Gasteiger partial charge in [-0.3, -0.25) is 9.59 Å². The summed E-state index contributed by atoms with van der Waals surface area (Å²) >= 11 is 1.11. The van der Waals surface area contributed by atoms with E-state index in [0.717, 1.165) is 16.9 Å². The minimum absolute atomic E-state index is 0.105. The van der Waals surface area contributed by atoms with Crippen molar-refractivity contribution in [3.8, 4) is 0 Å². The molecule has 0 fully saturated rings. The van der Waals surface area contributed by atoms with Crippen LogP contribution in [0.25, 0.3) is 0 Å². The zero-order chi connectivity index (χ0) is 16.0. The maximum absolute atomic E-state index is 12.0. The summed E-state index contributed by atoms with van der Waals surface area (Å²) in [6.07, 6.45) is 3.52. The van der Waals surface area contributed by atoms with E-state index >= 15 is 0 Å². The number of primary amides is 1. The average Bonchev–Trinajstić information content (AvgIpc) is 2.72. The SMILES string of the molecule is C=CCNC(=O)c1sc(NCC=C(C)C)c(C(N)=O)c1N. The van der Waals surface area contributed by atoms with Crippen molar-refractivity contribution in [1.29, 1.82) is 0 Å². The van der Waals surface area contributed by atoms with Crippen LogP contribution in [0.5, 0.6) is 0 Å². The molecule has 1 aromatic rings. The van der Waals surface area contributed by atoms with Crippen molar-refractivity contribution in [3.63, 3.8) is 0 Å². The minimum Gasteiger partial charge on any atom is -0.397 e. The number of carbonyl (C=O) groups is 2. The summed E-state index contributed by atoms with van der Waals surface area (Å²) in [6, 6.07) is 0. The van der Waals surface area contributed by atoms with Gasteiger partial charge in [0, 0.05) is 13.1 Å². The fraction of sp³-hybridized carbons (Fsp3) is 0.286. The molecule has 2 amide bonds. The minimum atomic E-state index is -0.661. The van der Waals surface area contributed by atoms with Crippen molar-refractivity contribution >= 4 is 33.8 Å². The molecule has 1 heterocycles. The molecule has 1 aromatic heterocycles. The Labute approximate surface area is 127 Å². The molecule has 0 bridgehead atoms. The van der Waals surface area contributed by atoms with Gasteiger partial charge in [0.2, 0.25) is 0 Å². The summed E-state index contributed by atoms with van der Waals surface area (Å²) in [5, 5.41) is 6.19. The predicted molar refractivity (Wildman–Crippen MR) is 87.7 cm³/mol. The fourth-order valence-electron chi connectivity index (χ4n) is 1.57. The van der Waals surface area contributed by atoms with Crippen LogP contribution < -0.4 is 22.1 Å². The molecule has 6 N–H and O–H groups in total. The molecule has 0 spiro atoms. The van der Waals surface area contributed by atoms with Gasteiger partial charge in [0.15, 0.2) is 0 Å². The number of nitrogens with two attached hydrogens (primary N) is 2. The molecule has 0 saturated heterocycles. The normalized spacial score (nSPS) is 9.81. The van der Waals surface area contributed by atoms with E-state index in [1.807, 2.05) is 19.9 Å². The first kappa shape index (κ1) is 16.8. The lowest BCUT2D eigenvalue weighted by molar-refractivity contribution is 0.0962. The average molecular weight is 308 g/mol. The molecular formula is C14H20N4O2S. The summed E-state index contributed by atoms with van der Waals surface area (Å²) in [5.41, 5.74) is 12.6. The van der Waals surface area contributed by atoms with Crippen LogP contribution in [-0.2, 0) is 0 Å². The van der Waals surface area contributed by atoms with Crippen LogP contribution in [0.1, 0.15) is 33.9 Å². The number of carbonyl (C=O) groups excluding carboxylic acids is 2. The highest BCUT2D eigenvalue weighted by Crippen LogP contribution is 2.35. The monoisotopic (exact) mass is 308 g/mol. The molecule has 0 unspecified atom stereocenters. The molecule has 7 heteroatoms. The predicted octanol–water partition coefficient (Wildman–Crippen LogP) is 1.72. The Bertz CT molecular complexity index is 586. The lowest BCUT2D eigenvalue weighted by Crippen LogP contribution is -2.23. The van der Waals surface area contributed by atoms with Gasteiger partial charge in [-0.2, -0.15) is 0 Å². The van der Waals surface area contributed by atoms with Crippen molar-refractivity contribution in [2.75, 3.05) is 24.1 Å². The van der Waals surface area contributed by atoms with Gasteiger partial charge < -0.3 is 22.1 Å². The molecule has 0 aliphatic carbocycles. The Morgan fingerprint density at radius 3 is 2.52 bits per heavy atom. The zero-order valence-corrected chi connectivity index (χ0v) is 13.0. The van der Waals surface area contributed by atoms with E-state index in [4.69, 9.17) is 11.5 Å². The van der Waals surface area contributed by atoms with Gasteiger partial charge >= 0.3 is 0 Å². The topological polar surface area (TPSA) is 110 Å². The van der Waals surface area contributed by atoms with Crippen LogP contribution >= 0.6 is 11.3 Å². The maximum Gasteiger partial charge on any atom is 0.263 e. The summed E-state index contributed by atoms with van der Waals surface area (Å²) in [5.74, 6) is -1.01. The summed E-state index contributed by atoms with van der Waals surface area (Å²) in [7, 11) is 0. The van der Waals surface area contributed by atoms with Crippen LogP contribution in [0.15, 0.2) is 24.3 Å². The summed E-state index contributed by atoms with van der Waals surface area (Å²) in [4.78, 5) is 23.8. The molecule has 6 nitrogen and oxygen atoms in total. The first-order chi connectivity index (χ1) is 9.88. The number of thiophene rings is 1. The van der Waals surface area contributed by atoms with E-state index in [1.165, 1.54) is 0 Å². The van der Waals surface area contributed by atoms with Gasteiger partial charge in [0.05, 0.1) is 11.3 Å². The highest BCUT2D eigenvalue weighted by molar-refractivity contribution is 7.19. The number of allylic oxidation sites excluding steroid dienone is 1. The van der Waals surface area contributed by atoms with Crippen LogP contribution in [0.3, 0.4) is 0 Å². The number of hydrogen-bond acceptors (Lipinski definition) is 5. The summed E-state index contributed by atoms with van der Waals surface area (Å²) in [6.45, 7) is 8.30. The second kappa shape index (κ2) is 7.49. The van der Waals surface area contributed by atoms with E-state index in [1.54, 1.807) is 6.08 Å². The Morgan fingerprint density at radius 1 is 1.33 bits per heavy atom. The van der Waals surface area contributed by atoms with Gasteiger partial charge in [-0.1, -0.05) is 17.7 Å². The van der Waals surface area contributed by atoms with Gasteiger partial charge in [0.25, 0.3) is 11.8 Å². The molecule has 0 saturated carbocycles. The lowest BCUT2D eigenvalue weighted by atomic mass is 10.2. The van der Waals surface area contributed by atoms with E-state index in [0.29, 0.717) is 18.1 Å². The number of rotatable bonds is 7. The van der Waals surface area contributed by atoms with Gasteiger partial charge in [-0.25, -0.2) is 0 Å². The molecule has 0 aromatic carbocycles. The highest BCUT2D eigenvalue weighted by Gasteiger charge is 2.23. The Morgan fingerprint density at radius 2 is 2.00 bits per heavy atom. The smallest absolute Gasteiger partial charge is 0.263 e. The number of anilines is 2. The molecule has 0 radical (unpaired) electrons. The molecule has 0 aliphatic rings. The van der Waals surface area contributed by atoms with Crippen molar-refractivity contribution in [1.82, 2.24) is 5.32 Å². The second-order valence-corrected chi connectivity index (χ2v) is 5.59. The summed E-state index contributed by atoms with van der Waals surface area (Å²) < 4.78 is 0. The van der Waals surface area contributed by atoms with Crippen LogP contribution in [-0.4, -0.2) is 24.9 Å². The molecule has 1 rings (SSSR count). The Hall–Kier alpha value is -2.28. The van der Waals surface area contributed by atoms with Gasteiger partial charge in [-0.15, -0.1) is 17.9 Å². The first-order valence-corrected chi connectivity index (χ1v) is 7.18. The maximum atomic E-state index is 12.0. The molecule has 21 heavy (non-hydrogen) atoms. The van der Waals surface area contributed by atoms with Crippen LogP contribution in [0.4, 0.5) is 10.7 Å². The standard InChI is InChI=1S/C14H20N4O2S/c1-4-6-17-13(20)11-10(15)9(12(16)19)14(21-11)18-7-5-8(2)3/h4-5,18H,1,6-7,15H2,2-3H3,(H2,16,19)(H,17,20). The molecular weight excluding hydrogens is 288 g/mol. The van der Waals surface area contributed by atoms with Gasteiger partial charge in [-0.05, 0) is 13.8 Å². The van der Waals surface area contributed by atoms with Crippen molar-refractivity contribution in [3.05, 3.63) is 34.7 Å². The highest BCUT2D eigenvalue weighted by atomic mass is 32.1. The second-order valence-electron chi connectivity index (χ2n) is 4.57. The third-order valence-corrected chi connectivity index (χ3v) is 3.74. The number of hydrogen-bond donors (Lipinski definition) is 4. The van der Waals surface area contributed by atoms with Crippen molar-refractivity contribution < 1.29 is 9.59 Å². The van der Waals surface area contributed by atoms with Crippen molar-refractivity contribution in [2.24, 2.45) is 5.73 Å². The number of nitrogens with one attached hydrogen (secondary N) is 2. The van der Waals surface area contributed by atoms with Crippen LogP contribution in [0, 0.1) is 0 Å². The van der Waals surface area contributed by atoms with Crippen molar-refractivity contribution in [2.45, 2.75) is 13.8 Å². The molecule has 114 valence electrons. The third kappa shape index (κ3) is 4.35. The Kier molecular flexibility index (Phi) is 5.98.